The van der Waals surface area contributed by atoms with Crippen LogP contribution in [-0.4, -0.2) is 36.1 Å². The van der Waals surface area contributed by atoms with Crippen LogP contribution in [0.1, 0.15) is 5.69 Å². The minimum atomic E-state index is -0.186. The molecule has 0 spiro atoms. The highest BCUT2D eigenvalue weighted by molar-refractivity contribution is 7.08. The van der Waals surface area contributed by atoms with Crippen molar-refractivity contribution in [3.63, 3.8) is 0 Å². The molecular formula is C11H11N7OS. The maximum atomic E-state index is 11.7. The Kier molecular flexibility index (Phi) is 3.50. The molecular weight excluding hydrogens is 278 g/mol. The lowest BCUT2D eigenvalue weighted by Gasteiger charge is -2.01. The first-order chi connectivity index (χ1) is 9.81. The summed E-state index contributed by atoms with van der Waals surface area (Å²) in [5.41, 5.74) is 1.74. The van der Waals surface area contributed by atoms with E-state index in [4.69, 9.17) is 0 Å². The summed E-state index contributed by atoms with van der Waals surface area (Å²) in [6.45, 7) is 0.427. The number of rotatable bonds is 5. The molecule has 2 N–H and O–H groups in total. The summed E-state index contributed by atoms with van der Waals surface area (Å²) in [5, 5.41) is 18.5. The molecule has 0 fully saturated rings. The van der Waals surface area contributed by atoms with Crippen molar-refractivity contribution in [2.45, 2.75) is 13.1 Å². The molecule has 9 heteroatoms. The van der Waals surface area contributed by atoms with Crippen molar-refractivity contribution in [3.05, 3.63) is 35.0 Å². The van der Waals surface area contributed by atoms with Crippen molar-refractivity contribution >= 4 is 17.2 Å². The fraction of sp³-hybridized carbons (Fsp3) is 0.182. The van der Waals surface area contributed by atoms with E-state index >= 15 is 0 Å². The van der Waals surface area contributed by atoms with E-state index in [1.54, 1.807) is 23.9 Å². The molecule has 0 unspecified atom stereocenters. The highest BCUT2D eigenvalue weighted by Crippen LogP contribution is 2.16. The van der Waals surface area contributed by atoms with Crippen LogP contribution in [0.3, 0.4) is 0 Å². The average molecular weight is 289 g/mol. The lowest BCUT2D eigenvalue weighted by atomic mass is 10.3. The Morgan fingerprint density at radius 2 is 2.45 bits per heavy atom. The standard InChI is InChI=1S/C11H11N7OS/c19-10(13-4-9-3-12-7-14-9)5-18-16-11(15-17-18)8-1-2-20-6-8/h1-3,6-7H,4-5H2,(H,12,14)(H,13,19). The SMILES string of the molecule is O=C(Cn1nnc(-c2ccsc2)n1)NCc1cnc[nH]1. The van der Waals surface area contributed by atoms with Gasteiger partial charge in [-0.1, -0.05) is 0 Å². The van der Waals surface area contributed by atoms with Crippen LogP contribution in [0.5, 0.6) is 0 Å². The Balaban J connectivity index is 1.56. The van der Waals surface area contributed by atoms with Gasteiger partial charge < -0.3 is 10.3 Å². The monoisotopic (exact) mass is 289 g/mol. The number of nitrogens with zero attached hydrogens (tertiary/aromatic N) is 5. The lowest BCUT2D eigenvalue weighted by Crippen LogP contribution is -2.28. The van der Waals surface area contributed by atoms with Crippen LogP contribution in [0.2, 0.25) is 0 Å². The molecule has 0 aliphatic rings. The summed E-state index contributed by atoms with van der Waals surface area (Å²) in [5.74, 6) is 0.335. The van der Waals surface area contributed by atoms with Gasteiger partial charge in [-0.15, -0.1) is 10.2 Å². The molecule has 3 rings (SSSR count). The van der Waals surface area contributed by atoms with Crippen LogP contribution in [0.15, 0.2) is 29.4 Å². The molecule has 0 saturated carbocycles. The van der Waals surface area contributed by atoms with Crippen LogP contribution in [0.25, 0.3) is 11.4 Å². The molecule has 0 atom stereocenters. The smallest absolute Gasteiger partial charge is 0.243 e. The molecule has 0 radical (unpaired) electrons. The van der Waals surface area contributed by atoms with E-state index in [2.05, 4.69) is 30.7 Å². The van der Waals surface area contributed by atoms with Gasteiger partial charge >= 0.3 is 0 Å². The fourth-order valence-electron chi connectivity index (χ4n) is 1.58. The summed E-state index contributed by atoms with van der Waals surface area (Å²) in [7, 11) is 0. The third-order valence-electron chi connectivity index (χ3n) is 2.55. The van der Waals surface area contributed by atoms with Crippen LogP contribution in [0.4, 0.5) is 0 Å². The Morgan fingerprint density at radius 3 is 3.20 bits per heavy atom. The number of H-pyrrole nitrogens is 1. The maximum absolute atomic E-state index is 11.7. The van der Waals surface area contributed by atoms with Gasteiger partial charge in [-0.2, -0.15) is 16.1 Å². The van der Waals surface area contributed by atoms with Crippen LogP contribution in [-0.2, 0) is 17.9 Å². The third kappa shape index (κ3) is 2.88. The third-order valence-corrected chi connectivity index (χ3v) is 3.23. The molecule has 0 aromatic carbocycles. The first kappa shape index (κ1) is 12.5. The number of hydrogen-bond acceptors (Lipinski definition) is 6. The van der Waals surface area contributed by atoms with Crippen molar-refractivity contribution < 1.29 is 4.79 Å². The summed E-state index contributed by atoms with van der Waals surface area (Å²) < 4.78 is 0. The number of tetrazole rings is 1. The Labute approximate surface area is 117 Å². The molecule has 0 saturated heterocycles. The molecule has 102 valence electrons. The van der Waals surface area contributed by atoms with Crippen molar-refractivity contribution in [3.8, 4) is 11.4 Å². The van der Waals surface area contributed by atoms with Gasteiger partial charge in [-0.25, -0.2) is 4.98 Å². The summed E-state index contributed by atoms with van der Waals surface area (Å²) >= 11 is 1.56. The number of thiophene rings is 1. The zero-order valence-electron chi connectivity index (χ0n) is 10.4. The number of aromatic nitrogens is 6. The van der Waals surface area contributed by atoms with Gasteiger partial charge in [0.1, 0.15) is 6.54 Å². The predicted octanol–water partition coefficient (Wildman–Crippen LogP) is 0.441. The van der Waals surface area contributed by atoms with Gasteiger partial charge in [0, 0.05) is 17.1 Å². The number of carbonyl (C=O) groups is 1. The van der Waals surface area contributed by atoms with Crippen LogP contribution >= 0.6 is 11.3 Å². The van der Waals surface area contributed by atoms with Crippen LogP contribution in [0, 0.1) is 0 Å². The minimum Gasteiger partial charge on any atom is -0.349 e. The quantitative estimate of drug-likeness (QED) is 0.709. The Hall–Kier alpha value is -2.55. The molecule has 8 nitrogen and oxygen atoms in total. The van der Waals surface area contributed by atoms with Crippen molar-refractivity contribution in [1.82, 2.24) is 35.5 Å². The highest BCUT2D eigenvalue weighted by atomic mass is 32.1. The zero-order chi connectivity index (χ0) is 13.8. The van der Waals surface area contributed by atoms with Crippen molar-refractivity contribution in [1.29, 1.82) is 0 Å². The summed E-state index contributed by atoms with van der Waals surface area (Å²) in [6, 6.07) is 1.91. The van der Waals surface area contributed by atoms with E-state index in [0.717, 1.165) is 11.3 Å². The fourth-order valence-corrected chi connectivity index (χ4v) is 2.21. The van der Waals surface area contributed by atoms with Gasteiger partial charge in [0.25, 0.3) is 0 Å². The summed E-state index contributed by atoms with van der Waals surface area (Å²) in [6.07, 6.45) is 3.22. The first-order valence-electron chi connectivity index (χ1n) is 5.85. The van der Waals surface area contributed by atoms with Gasteiger partial charge in [-0.05, 0) is 16.7 Å². The van der Waals surface area contributed by atoms with E-state index < -0.39 is 0 Å². The zero-order valence-corrected chi connectivity index (χ0v) is 11.2. The normalized spacial score (nSPS) is 10.6. The first-order valence-corrected chi connectivity index (χ1v) is 6.80. The van der Waals surface area contributed by atoms with Gasteiger partial charge in [0.2, 0.25) is 11.7 Å². The Morgan fingerprint density at radius 1 is 1.50 bits per heavy atom. The lowest BCUT2D eigenvalue weighted by molar-refractivity contribution is -0.122. The second kappa shape index (κ2) is 5.61. The number of imidazole rings is 1. The molecule has 3 heterocycles. The van der Waals surface area contributed by atoms with E-state index in [9.17, 15) is 4.79 Å². The van der Waals surface area contributed by atoms with Gasteiger partial charge in [0.15, 0.2) is 0 Å². The van der Waals surface area contributed by atoms with Gasteiger partial charge in [0.05, 0.1) is 18.6 Å². The molecule has 0 aliphatic carbocycles. The van der Waals surface area contributed by atoms with Crippen molar-refractivity contribution in [2.75, 3.05) is 0 Å². The Bertz CT molecular complexity index is 674. The molecule has 0 aliphatic heterocycles. The summed E-state index contributed by atoms with van der Waals surface area (Å²) in [4.78, 5) is 19.8. The number of nitrogens with one attached hydrogen (secondary N) is 2. The van der Waals surface area contributed by atoms with E-state index in [0.29, 0.717) is 12.4 Å². The molecule has 1 amide bonds. The van der Waals surface area contributed by atoms with Gasteiger partial charge in [-0.3, -0.25) is 4.79 Å². The molecule has 3 aromatic rings. The second-order valence-corrected chi connectivity index (χ2v) is 4.79. The number of hydrogen-bond donors (Lipinski definition) is 2. The topological polar surface area (TPSA) is 101 Å². The van der Waals surface area contributed by atoms with Crippen LogP contribution < -0.4 is 5.32 Å². The van der Waals surface area contributed by atoms with E-state index in [1.165, 1.54) is 4.80 Å². The highest BCUT2D eigenvalue weighted by Gasteiger charge is 2.09. The molecule has 3 aromatic heterocycles. The van der Waals surface area contributed by atoms with Crippen molar-refractivity contribution in [2.24, 2.45) is 0 Å². The number of carbonyl (C=O) groups excluding carboxylic acids is 1. The van der Waals surface area contributed by atoms with E-state index in [1.807, 2.05) is 16.8 Å². The number of aromatic amines is 1. The molecule has 20 heavy (non-hydrogen) atoms. The van der Waals surface area contributed by atoms with E-state index in [-0.39, 0.29) is 12.5 Å². The molecule has 0 bridgehead atoms. The second-order valence-electron chi connectivity index (χ2n) is 4.01. The maximum Gasteiger partial charge on any atom is 0.243 e. The largest absolute Gasteiger partial charge is 0.349 e. The minimum absolute atomic E-state index is 0.0330. The number of amides is 1. The average Bonchev–Trinajstić information content (AvgIpc) is 3.18. The predicted molar refractivity (Wildman–Crippen MR) is 71.6 cm³/mol.